The molecule has 0 amide bonds. The molecule has 2 aliphatic heterocycles. The summed E-state index contributed by atoms with van der Waals surface area (Å²) < 4.78 is 1.20. The van der Waals surface area contributed by atoms with Crippen LogP contribution in [0, 0.1) is 0 Å². The fourth-order valence-corrected chi connectivity index (χ4v) is 2.58. The molecule has 3 heteroatoms. The van der Waals surface area contributed by atoms with Gasteiger partial charge in [0.05, 0.1) is 12.0 Å². The van der Waals surface area contributed by atoms with Crippen LogP contribution in [-0.2, 0) is 0 Å². The summed E-state index contributed by atoms with van der Waals surface area (Å²) in [5, 5.41) is 0. The molecule has 70 valence electrons. The van der Waals surface area contributed by atoms with Crippen molar-refractivity contribution in [1.82, 2.24) is 4.90 Å². The van der Waals surface area contributed by atoms with Crippen LogP contribution in [0.3, 0.4) is 0 Å². The highest BCUT2D eigenvalue weighted by atomic mass is 79.9. The normalized spacial score (nSPS) is 23.4. The Bertz CT molecular complexity index is 438. The Morgan fingerprint density at radius 3 is 3.29 bits per heavy atom. The molecule has 0 saturated heterocycles. The van der Waals surface area contributed by atoms with E-state index in [4.69, 9.17) is 0 Å². The minimum Gasteiger partial charge on any atom is -0.331 e. The first-order chi connectivity index (χ1) is 6.86. The lowest BCUT2D eigenvalue weighted by atomic mass is 10.1. The highest BCUT2D eigenvalue weighted by molar-refractivity contribution is 9.12. The molecule has 0 aromatic rings. The van der Waals surface area contributed by atoms with Gasteiger partial charge in [-0.25, -0.2) is 4.99 Å². The van der Waals surface area contributed by atoms with Gasteiger partial charge >= 0.3 is 0 Å². The molecule has 0 fully saturated rings. The van der Waals surface area contributed by atoms with E-state index in [-0.39, 0.29) is 0 Å². The van der Waals surface area contributed by atoms with E-state index in [2.05, 4.69) is 44.1 Å². The highest BCUT2D eigenvalue weighted by Crippen LogP contribution is 2.38. The summed E-state index contributed by atoms with van der Waals surface area (Å²) >= 11 is 3.61. The molecule has 0 saturated carbocycles. The van der Waals surface area contributed by atoms with Crippen LogP contribution in [0.15, 0.2) is 50.7 Å². The molecular weight excluding hydrogens is 240 g/mol. The van der Waals surface area contributed by atoms with Crippen LogP contribution in [0.2, 0.25) is 0 Å². The molecular formula is C11H9BrN2. The molecule has 0 radical (unpaired) electrons. The summed E-state index contributed by atoms with van der Waals surface area (Å²) in [4.78, 5) is 6.44. The number of hydrogen-bond acceptors (Lipinski definition) is 2. The molecule has 0 N–H and O–H groups in total. The molecule has 0 aromatic carbocycles. The summed E-state index contributed by atoms with van der Waals surface area (Å²) in [5.74, 6) is 0. The Kier molecular flexibility index (Phi) is 1.74. The van der Waals surface area contributed by atoms with Crippen molar-refractivity contribution in [1.29, 1.82) is 0 Å². The van der Waals surface area contributed by atoms with Crippen molar-refractivity contribution in [2.75, 3.05) is 6.54 Å². The smallest absolute Gasteiger partial charge is 0.0950 e. The van der Waals surface area contributed by atoms with Crippen LogP contribution < -0.4 is 0 Å². The molecule has 3 aliphatic rings. The fourth-order valence-electron chi connectivity index (χ4n) is 2.04. The number of allylic oxidation sites excluding steroid dienone is 4. The molecule has 0 unspecified atom stereocenters. The van der Waals surface area contributed by atoms with E-state index >= 15 is 0 Å². The molecule has 0 bridgehead atoms. The third-order valence-corrected chi connectivity index (χ3v) is 3.42. The number of aliphatic imine (C=N–C) groups is 1. The standard InChI is InChI=1S/C11H9BrN2/c12-10-3-1-2-8-6-13-7-14-5-4-9(10)11(8)14/h1-3,6-7H,4-5H2. The maximum Gasteiger partial charge on any atom is 0.0950 e. The molecule has 2 heterocycles. The molecule has 0 aromatic heterocycles. The van der Waals surface area contributed by atoms with Crippen molar-refractivity contribution in [3.63, 3.8) is 0 Å². The topological polar surface area (TPSA) is 15.6 Å². The molecule has 0 atom stereocenters. The van der Waals surface area contributed by atoms with Crippen LogP contribution in [0.4, 0.5) is 0 Å². The first-order valence-corrected chi connectivity index (χ1v) is 5.43. The van der Waals surface area contributed by atoms with Crippen molar-refractivity contribution in [3.05, 3.63) is 45.8 Å². The van der Waals surface area contributed by atoms with Gasteiger partial charge in [-0.3, -0.25) is 0 Å². The van der Waals surface area contributed by atoms with Crippen molar-refractivity contribution in [2.24, 2.45) is 4.99 Å². The van der Waals surface area contributed by atoms with E-state index in [0.29, 0.717) is 0 Å². The SMILES string of the molecule is BrC1=CC=CC2=CN=CN3CCC1=C23. The van der Waals surface area contributed by atoms with Gasteiger partial charge in [-0.05, 0) is 18.1 Å². The van der Waals surface area contributed by atoms with Gasteiger partial charge in [-0.1, -0.05) is 28.1 Å². The van der Waals surface area contributed by atoms with Gasteiger partial charge in [0, 0.05) is 22.8 Å². The lowest BCUT2D eigenvalue weighted by Gasteiger charge is -2.20. The van der Waals surface area contributed by atoms with E-state index in [1.165, 1.54) is 21.3 Å². The van der Waals surface area contributed by atoms with Crippen molar-refractivity contribution < 1.29 is 0 Å². The van der Waals surface area contributed by atoms with Crippen molar-refractivity contribution in [3.8, 4) is 0 Å². The maximum atomic E-state index is 4.22. The lowest BCUT2D eigenvalue weighted by molar-refractivity contribution is 0.581. The Morgan fingerprint density at radius 1 is 1.43 bits per heavy atom. The van der Waals surface area contributed by atoms with Crippen LogP contribution in [0.25, 0.3) is 0 Å². The summed E-state index contributed by atoms with van der Waals surface area (Å²) in [7, 11) is 0. The lowest BCUT2D eigenvalue weighted by Crippen LogP contribution is -2.20. The van der Waals surface area contributed by atoms with E-state index < -0.39 is 0 Å². The van der Waals surface area contributed by atoms with E-state index in [1.807, 2.05) is 12.5 Å². The second-order valence-corrected chi connectivity index (χ2v) is 4.35. The summed E-state index contributed by atoms with van der Waals surface area (Å²) in [6.07, 6.45) is 11.2. The number of hydrogen-bond donors (Lipinski definition) is 0. The first-order valence-electron chi connectivity index (χ1n) is 4.64. The highest BCUT2D eigenvalue weighted by Gasteiger charge is 2.27. The summed E-state index contributed by atoms with van der Waals surface area (Å²) in [6, 6.07) is 0. The van der Waals surface area contributed by atoms with Crippen LogP contribution in [0.5, 0.6) is 0 Å². The molecule has 2 nitrogen and oxygen atoms in total. The van der Waals surface area contributed by atoms with Gasteiger partial charge in [-0.15, -0.1) is 0 Å². The quantitative estimate of drug-likeness (QED) is 0.644. The Labute approximate surface area is 91.1 Å². The van der Waals surface area contributed by atoms with E-state index in [9.17, 15) is 0 Å². The van der Waals surface area contributed by atoms with E-state index in [0.717, 1.165) is 13.0 Å². The van der Waals surface area contributed by atoms with Gasteiger partial charge in [0.15, 0.2) is 0 Å². The fraction of sp³-hybridized carbons (Fsp3) is 0.182. The second kappa shape index (κ2) is 2.95. The minimum absolute atomic E-state index is 1.04. The number of halogens is 1. The minimum atomic E-state index is 1.04. The average molecular weight is 249 g/mol. The third kappa shape index (κ3) is 1.05. The summed E-state index contributed by atoms with van der Waals surface area (Å²) in [6.45, 7) is 1.04. The zero-order valence-electron chi connectivity index (χ0n) is 7.57. The van der Waals surface area contributed by atoms with Crippen LogP contribution in [-0.4, -0.2) is 17.8 Å². The molecule has 1 aliphatic carbocycles. The van der Waals surface area contributed by atoms with Gasteiger partial charge in [0.25, 0.3) is 0 Å². The Morgan fingerprint density at radius 2 is 2.36 bits per heavy atom. The molecule has 14 heavy (non-hydrogen) atoms. The third-order valence-electron chi connectivity index (χ3n) is 2.68. The van der Waals surface area contributed by atoms with Gasteiger partial charge in [0.1, 0.15) is 0 Å². The molecule has 3 rings (SSSR count). The largest absolute Gasteiger partial charge is 0.331 e. The van der Waals surface area contributed by atoms with Crippen LogP contribution in [0.1, 0.15) is 6.42 Å². The Balaban J connectivity index is 2.23. The van der Waals surface area contributed by atoms with Gasteiger partial charge in [0.2, 0.25) is 0 Å². The predicted molar refractivity (Wildman–Crippen MR) is 61.1 cm³/mol. The van der Waals surface area contributed by atoms with E-state index in [1.54, 1.807) is 0 Å². The first kappa shape index (κ1) is 8.24. The maximum absolute atomic E-state index is 4.22. The second-order valence-electron chi connectivity index (χ2n) is 3.49. The van der Waals surface area contributed by atoms with Crippen molar-refractivity contribution >= 4 is 22.3 Å². The van der Waals surface area contributed by atoms with Crippen molar-refractivity contribution in [2.45, 2.75) is 6.42 Å². The van der Waals surface area contributed by atoms with Gasteiger partial charge < -0.3 is 4.90 Å². The predicted octanol–water partition coefficient (Wildman–Crippen LogP) is 2.72. The zero-order valence-corrected chi connectivity index (χ0v) is 9.16. The Hall–Kier alpha value is -1.09. The summed E-state index contributed by atoms with van der Waals surface area (Å²) in [5.41, 5.74) is 3.93. The molecule has 0 spiro atoms. The van der Waals surface area contributed by atoms with Crippen LogP contribution >= 0.6 is 15.9 Å². The number of rotatable bonds is 0. The van der Waals surface area contributed by atoms with Gasteiger partial charge in [-0.2, -0.15) is 0 Å². The number of nitrogens with zero attached hydrogens (tertiary/aromatic N) is 2. The monoisotopic (exact) mass is 248 g/mol. The average Bonchev–Trinajstić information content (AvgIpc) is 2.54. The zero-order chi connectivity index (χ0) is 9.54.